The second-order valence-electron chi connectivity index (χ2n) is 7.44. The molecule has 184 valence electrons. The number of benzene rings is 2. The number of halogens is 2. The number of carbonyl (C=O) groups is 4. The fourth-order valence-electron chi connectivity index (χ4n) is 3.28. The molecule has 0 unspecified atom stereocenters. The van der Waals surface area contributed by atoms with Crippen molar-refractivity contribution in [3.8, 4) is 11.3 Å². The van der Waals surface area contributed by atoms with Crippen LogP contribution in [0.2, 0.25) is 5.02 Å². The van der Waals surface area contributed by atoms with E-state index in [4.69, 9.17) is 20.8 Å². The third-order valence-electron chi connectivity index (χ3n) is 4.95. The topological polar surface area (TPSA) is 106 Å². The third-order valence-corrected chi connectivity index (χ3v) is 6.72. The molecule has 1 aromatic heterocycles. The zero-order valence-electron chi connectivity index (χ0n) is 18.7. The number of nitrogens with zero attached hydrogens (tertiary/aromatic N) is 1. The second-order valence-corrected chi connectivity index (χ2v) is 9.76. The molecular weight excluding hydrogens is 572 g/mol. The van der Waals surface area contributed by atoms with E-state index < -0.39 is 29.6 Å². The van der Waals surface area contributed by atoms with Crippen LogP contribution in [-0.4, -0.2) is 41.1 Å². The maximum atomic E-state index is 12.8. The van der Waals surface area contributed by atoms with Gasteiger partial charge in [-0.2, -0.15) is 0 Å². The highest BCUT2D eigenvalue weighted by Gasteiger charge is 2.36. The first-order valence-corrected chi connectivity index (χ1v) is 12.6. The monoisotopic (exact) mass is 588 g/mol. The van der Waals surface area contributed by atoms with Gasteiger partial charge in [-0.25, -0.2) is 4.79 Å². The van der Waals surface area contributed by atoms with E-state index in [9.17, 15) is 19.2 Å². The minimum absolute atomic E-state index is 0.0892. The molecule has 11 heteroatoms. The number of esters is 1. The molecule has 4 rings (SSSR count). The van der Waals surface area contributed by atoms with Crippen molar-refractivity contribution in [3.63, 3.8) is 0 Å². The lowest BCUT2D eigenvalue weighted by molar-refractivity contribution is -0.127. The predicted octanol–water partition coefficient (Wildman–Crippen LogP) is 6.21. The Balaban J connectivity index is 1.43. The summed E-state index contributed by atoms with van der Waals surface area (Å²) in [5.74, 6) is -0.847. The Bertz CT molecular complexity index is 1390. The predicted molar refractivity (Wildman–Crippen MR) is 141 cm³/mol. The SMILES string of the molecule is CCOC(=O)c1cc(NC(=O)CN2C(=O)S/C(=C/c3ccc(-c4ccc(Br)cc4)o3)C2=O)ccc1Cl. The molecule has 2 heterocycles. The number of furan rings is 1. The number of thioether (sulfide) groups is 1. The van der Waals surface area contributed by atoms with Gasteiger partial charge in [-0.05, 0) is 61.2 Å². The van der Waals surface area contributed by atoms with Gasteiger partial charge in [-0.15, -0.1) is 0 Å². The number of imide groups is 1. The number of ether oxygens (including phenoxy) is 1. The van der Waals surface area contributed by atoms with Crippen LogP contribution in [0.15, 0.2) is 68.4 Å². The number of carbonyl (C=O) groups excluding carboxylic acids is 4. The first kappa shape index (κ1) is 25.7. The van der Waals surface area contributed by atoms with Crippen molar-refractivity contribution in [1.82, 2.24) is 4.90 Å². The number of hydrogen-bond acceptors (Lipinski definition) is 7. The average Bonchev–Trinajstić information content (AvgIpc) is 3.41. The van der Waals surface area contributed by atoms with Crippen LogP contribution in [0.1, 0.15) is 23.0 Å². The first-order valence-electron chi connectivity index (χ1n) is 10.6. The van der Waals surface area contributed by atoms with Crippen molar-refractivity contribution < 1.29 is 28.3 Å². The van der Waals surface area contributed by atoms with Gasteiger partial charge < -0.3 is 14.5 Å². The summed E-state index contributed by atoms with van der Waals surface area (Å²) < 4.78 is 11.7. The molecule has 8 nitrogen and oxygen atoms in total. The zero-order valence-corrected chi connectivity index (χ0v) is 21.9. The Morgan fingerprint density at radius 3 is 2.61 bits per heavy atom. The fourth-order valence-corrected chi connectivity index (χ4v) is 4.56. The normalized spacial score (nSPS) is 14.4. The van der Waals surface area contributed by atoms with Gasteiger partial charge in [0, 0.05) is 21.8 Å². The highest BCUT2D eigenvalue weighted by molar-refractivity contribution is 9.10. The summed E-state index contributed by atoms with van der Waals surface area (Å²) in [7, 11) is 0. The van der Waals surface area contributed by atoms with Gasteiger partial charge in [0.25, 0.3) is 11.1 Å². The summed E-state index contributed by atoms with van der Waals surface area (Å²) in [5.41, 5.74) is 1.22. The van der Waals surface area contributed by atoms with Crippen LogP contribution < -0.4 is 5.32 Å². The Kier molecular flexibility index (Phi) is 7.97. The molecule has 0 saturated carbocycles. The molecule has 1 fully saturated rings. The molecular formula is C25H18BrClN2O6S. The van der Waals surface area contributed by atoms with E-state index in [0.717, 1.165) is 26.7 Å². The Labute approximate surface area is 223 Å². The summed E-state index contributed by atoms with van der Waals surface area (Å²) in [6, 6.07) is 15.3. The maximum absolute atomic E-state index is 12.8. The largest absolute Gasteiger partial charge is 0.462 e. The summed E-state index contributed by atoms with van der Waals surface area (Å²) >= 11 is 10.1. The van der Waals surface area contributed by atoms with E-state index >= 15 is 0 Å². The number of nitrogens with one attached hydrogen (secondary N) is 1. The molecule has 0 atom stereocenters. The lowest BCUT2D eigenvalue weighted by atomic mass is 10.2. The van der Waals surface area contributed by atoms with Gasteiger partial charge in [0.15, 0.2) is 0 Å². The molecule has 36 heavy (non-hydrogen) atoms. The van der Waals surface area contributed by atoms with Crippen LogP contribution in [0.3, 0.4) is 0 Å². The number of anilines is 1. The highest BCUT2D eigenvalue weighted by Crippen LogP contribution is 2.33. The second kappa shape index (κ2) is 11.2. The molecule has 0 spiro atoms. The zero-order chi connectivity index (χ0) is 25.8. The van der Waals surface area contributed by atoms with E-state index in [-0.39, 0.29) is 27.8 Å². The van der Waals surface area contributed by atoms with Gasteiger partial charge in [0.05, 0.1) is 22.1 Å². The van der Waals surface area contributed by atoms with E-state index in [1.54, 1.807) is 19.1 Å². The van der Waals surface area contributed by atoms with Gasteiger partial charge in [-0.3, -0.25) is 19.3 Å². The number of rotatable bonds is 7. The smallest absolute Gasteiger partial charge is 0.339 e. The van der Waals surface area contributed by atoms with Crippen LogP contribution in [-0.2, 0) is 14.3 Å². The van der Waals surface area contributed by atoms with Crippen LogP contribution in [0, 0.1) is 0 Å². The van der Waals surface area contributed by atoms with Crippen LogP contribution in [0.5, 0.6) is 0 Å². The molecule has 0 aliphatic carbocycles. The summed E-state index contributed by atoms with van der Waals surface area (Å²) in [4.78, 5) is 50.8. The molecule has 1 aliphatic heterocycles. The quantitative estimate of drug-likeness (QED) is 0.258. The Morgan fingerprint density at radius 1 is 1.14 bits per heavy atom. The lowest BCUT2D eigenvalue weighted by Crippen LogP contribution is -2.36. The highest BCUT2D eigenvalue weighted by atomic mass is 79.9. The third kappa shape index (κ3) is 5.89. The lowest BCUT2D eigenvalue weighted by Gasteiger charge is -2.13. The Hall–Kier alpha value is -3.34. The molecule has 1 N–H and O–H groups in total. The average molecular weight is 590 g/mol. The van der Waals surface area contributed by atoms with Crippen molar-refractivity contribution in [2.75, 3.05) is 18.5 Å². The van der Waals surface area contributed by atoms with Gasteiger partial charge >= 0.3 is 5.97 Å². The summed E-state index contributed by atoms with van der Waals surface area (Å²) in [5, 5.41) is 2.15. The van der Waals surface area contributed by atoms with E-state index in [2.05, 4.69) is 21.2 Å². The molecule has 2 aromatic carbocycles. The number of hydrogen-bond donors (Lipinski definition) is 1. The number of amides is 3. The molecule has 0 bridgehead atoms. The molecule has 3 amide bonds. The standard InChI is InChI=1S/C25H18BrClN2O6S/c1-2-34-24(32)18-11-16(7-9-19(18)27)28-22(30)13-29-23(31)21(36-25(29)33)12-17-8-10-20(35-17)14-3-5-15(26)6-4-14/h3-12H,2,13H2,1H3,(H,28,30)/b21-12+. The molecule has 0 radical (unpaired) electrons. The van der Waals surface area contributed by atoms with Gasteiger partial charge in [-0.1, -0.05) is 39.7 Å². The van der Waals surface area contributed by atoms with Gasteiger partial charge in [0.2, 0.25) is 5.91 Å². The van der Waals surface area contributed by atoms with E-state index in [0.29, 0.717) is 11.5 Å². The van der Waals surface area contributed by atoms with Crippen molar-refractivity contribution in [2.45, 2.75) is 6.92 Å². The molecule has 3 aromatic rings. The molecule has 1 aliphatic rings. The van der Waals surface area contributed by atoms with Crippen molar-refractivity contribution >= 4 is 74.1 Å². The first-order chi connectivity index (χ1) is 17.2. The summed E-state index contributed by atoms with van der Waals surface area (Å²) in [6.07, 6.45) is 1.47. The van der Waals surface area contributed by atoms with Crippen LogP contribution in [0.25, 0.3) is 17.4 Å². The fraction of sp³-hybridized carbons (Fsp3) is 0.120. The Morgan fingerprint density at radius 2 is 1.89 bits per heavy atom. The minimum Gasteiger partial charge on any atom is -0.462 e. The van der Waals surface area contributed by atoms with Crippen molar-refractivity contribution in [3.05, 3.63) is 80.3 Å². The van der Waals surface area contributed by atoms with E-state index in [1.807, 2.05) is 24.3 Å². The van der Waals surface area contributed by atoms with Gasteiger partial charge in [0.1, 0.15) is 18.1 Å². The van der Waals surface area contributed by atoms with Crippen LogP contribution in [0.4, 0.5) is 10.5 Å². The maximum Gasteiger partial charge on any atom is 0.339 e. The van der Waals surface area contributed by atoms with E-state index in [1.165, 1.54) is 24.3 Å². The van der Waals surface area contributed by atoms with Crippen molar-refractivity contribution in [2.24, 2.45) is 0 Å². The van der Waals surface area contributed by atoms with Crippen molar-refractivity contribution in [1.29, 1.82) is 0 Å². The molecule has 1 saturated heterocycles. The van der Waals surface area contributed by atoms with Crippen LogP contribution >= 0.6 is 39.3 Å². The minimum atomic E-state index is -0.629. The summed E-state index contributed by atoms with van der Waals surface area (Å²) in [6.45, 7) is 1.33.